The van der Waals surface area contributed by atoms with Crippen molar-refractivity contribution in [3.05, 3.63) is 70.5 Å². The minimum atomic E-state index is -0.292. The lowest BCUT2D eigenvalue weighted by atomic mass is 10.1. The van der Waals surface area contributed by atoms with Crippen molar-refractivity contribution in [2.75, 3.05) is 5.75 Å². The van der Waals surface area contributed by atoms with E-state index < -0.39 is 0 Å². The van der Waals surface area contributed by atoms with Crippen LogP contribution in [0.2, 0.25) is 5.02 Å². The molecule has 1 aliphatic rings. The van der Waals surface area contributed by atoms with E-state index in [4.69, 9.17) is 11.6 Å². The first kappa shape index (κ1) is 14.4. The van der Waals surface area contributed by atoms with E-state index in [1.807, 2.05) is 24.3 Å². The van der Waals surface area contributed by atoms with Gasteiger partial charge in [0.15, 0.2) is 0 Å². The zero-order valence-electron chi connectivity index (χ0n) is 11.1. The fourth-order valence-electron chi connectivity index (χ4n) is 2.37. The largest absolute Gasteiger partial charge is 0.321 e. The fraction of sp³-hybridized carbons (Fsp3) is 0.188. The molecule has 1 saturated heterocycles. The number of hydrogen-bond acceptors (Lipinski definition) is 2. The van der Waals surface area contributed by atoms with Crippen molar-refractivity contribution in [1.29, 1.82) is 0 Å². The molecule has 108 valence electrons. The van der Waals surface area contributed by atoms with E-state index in [1.165, 1.54) is 17.8 Å². The highest BCUT2D eigenvalue weighted by Gasteiger charge is 2.34. The average molecular weight is 322 g/mol. The maximum Gasteiger partial charge on any atom is 0.234 e. The lowest BCUT2D eigenvalue weighted by Crippen LogP contribution is -2.28. The van der Waals surface area contributed by atoms with Gasteiger partial charge in [0, 0.05) is 22.7 Å². The smallest absolute Gasteiger partial charge is 0.234 e. The van der Waals surface area contributed by atoms with Crippen LogP contribution in [0.15, 0.2) is 48.5 Å². The first-order valence-corrected chi connectivity index (χ1v) is 7.98. The van der Waals surface area contributed by atoms with Crippen LogP contribution in [0.25, 0.3) is 0 Å². The third-order valence-electron chi connectivity index (χ3n) is 3.44. The van der Waals surface area contributed by atoms with Gasteiger partial charge in [-0.15, -0.1) is 11.8 Å². The molecule has 0 saturated carbocycles. The number of benzene rings is 2. The topological polar surface area (TPSA) is 20.3 Å². The second-order valence-electron chi connectivity index (χ2n) is 4.80. The number of carbonyl (C=O) groups excluding carboxylic acids is 1. The first-order valence-electron chi connectivity index (χ1n) is 6.55. The Labute approximate surface area is 131 Å². The van der Waals surface area contributed by atoms with Gasteiger partial charge in [-0.3, -0.25) is 4.79 Å². The van der Waals surface area contributed by atoms with E-state index >= 15 is 0 Å². The summed E-state index contributed by atoms with van der Waals surface area (Å²) in [6.45, 7) is 0.258. The Balaban J connectivity index is 1.90. The van der Waals surface area contributed by atoms with Crippen LogP contribution in [-0.4, -0.2) is 16.6 Å². The van der Waals surface area contributed by atoms with Gasteiger partial charge in [0.05, 0.1) is 5.75 Å². The van der Waals surface area contributed by atoms with Crippen LogP contribution in [0, 0.1) is 5.82 Å². The van der Waals surface area contributed by atoms with Crippen molar-refractivity contribution < 1.29 is 9.18 Å². The van der Waals surface area contributed by atoms with Crippen molar-refractivity contribution in [1.82, 2.24) is 4.90 Å². The number of carbonyl (C=O) groups is 1. The maximum atomic E-state index is 13.8. The van der Waals surface area contributed by atoms with Gasteiger partial charge in [0.2, 0.25) is 5.91 Å². The van der Waals surface area contributed by atoms with Crippen LogP contribution in [-0.2, 0) is 11.3 Å². The Morgan fingerprint density at radius 2 is 1.90 bits per heavy atom. The molecule has 21 heavy (non-hydrogen) atoms. The minimum Gasteiger partial charge on any atom is -0.321 e. The molecule has 1 atom stereocenters. The van der Waals surface area contributed by atoms with Gasteiger partial charge in [0.25, 0.3) is 0 Å². The highest BCUT2D eigenvalue weighted by Crippen LogP contribution is 2.42. The number of amides is 1. The molecule has 1 amide bonds. The Hall–Kier alpha value is -1.52. The van der Waals surface area contributed by atoms with Crippen molar-refractivity contribution in [2.45, 2.75) is 11.9 Å². The molecule has 2 aromatic carbocycles. The van der Waals surface area contributed by atoms with E-state index in [0.717, 1.165) is 5.56 Å². The quantitative estimate of drug-likeness (QED) is 0.842. The van der Waals surface area contributed by atoms with Crippen LogP contribution in [0.3, 0.4) is 0 Å². The lowest BCUT2D eigenvalue weighted by molar-refractivity contribution is -0.128. The van der Waals surface area contributed by atoms with Crippen LogP contribution < -0.4 is 0 Å². The van der Waals surface area contributed by atoms with Crippen LogP contribution in [0.1, 0.15) is 16.5 Å². The Bertz CT molecular complexity index is 679. The molecule has 0 bridgehead atoms. The van der Waals surface area contributed by atoms with Gasteiger partial charge in [-0.25, -0.2) is 4.39 Å². The molecular weight excluding hydrogens is 309 g/mol. The van der Waals surface area contributed by atoms with Gasteiger partial charge in [-0.2, -0.15) is 0 Å². The summed E-state index contributed by atoms with van der Waals surface area (Å²) in [6, 6.07) is 14.0. The Morgan fingerprint density at radius 1 is 1.19 bits per heavy atom. The fourth-order valence-corrected chi connectivity index (χ4v) is 3.90. The van der Waals surface area contributed by atoms with Gasteiger partial charge >= 0.3 is 0 Å². The zero-order valence-corrected chi connectivity index (χ0v) is 12.7. The summed E-state index contributed by atoms with van der Waals surface area (Å²) >= 11 is 7.75. The average Bonchev–Trinajstić information content (AvgIpc) is 2.83. The molecule has 0 N–H and O–H groups in total. The van der Waals surface area contributed by atoms with Crippen molar-refractivity contribution in [3.8, 4) is 0 Å². The molecule has 1 fully saturated rings. The summed E-state index contributed by atoms with van der Waals surface area (Å²) in [7, 11) is 0. The van der Waals surface area contributed by atoms with E-state index in [0.29, 0.717) is 16.3 Å². The van der Waals surface area contributed by atoms with E-state index in [2.05, 4.69) is 0 Å². The van der Waals surface area contributed by atoms with Crippen LogP contribution >= 0.6 is 23.4 Å². The second-order valence-corrected chi connectivity index (χ2v) is 6.27. The molecule has 5 heteroatoms. The molecule has 0 radical (unpaired) electrons. The van der Waals surface area contributed by atoms with Crippen LogP contribution in [0.4, 0.5) is 4.39 Å². The molecule has 0 spiro atoms. The predicted octanol–water partition coefficient (Wildman–Crippen LogP) is 4.25. The molecule has 2 aromatic rings. The molecule has 3 rings (SSSR count). The number of thioether (sulfide) groups is 1. The molecule has 1 heterocycles. The first-order chi connectivity index (χ1) is 10.2. The van der Waals surface area contributed by atoms with Gasteiger partial charge in [0.1, 0.15) is 11.2 Å². The maximum absolute atomic E-state index is 13.8. The summed E-state index contributed by atoms with van der Waals surface area (Å²) in [5.74, 6) is 0.109. The van der Waals surface area contributed by atoms with Crippen molar-refractivity contribution in [3.63, 3.8) is 0 Å². The molecule has 1 unspecified atom stereocenters. The Morgan fingerprint density at radius 3 is 2.67 bits per heavy atom. The normalized spacial score (nSPS) is 18.3. The molecule has 0 aromatic heterocycles. The molecule has 0 aliphatic carbocycles. The van der Waals surface area contributed by atoms with E-state index in [9.17, 15) is 9.18 Å². The number of nitrogens with zero attached hydrogens (tertiary/aromatic N) is 1. The minimum absolute atomic E-state index is 0.00757. The van der Waals surface area contributed by atoms with Gasteiger partial charge < -0.3 is 4.90 Å². The highest BCUT2D eigenvalue weighted by molar-refractivity contribution is 8.00. The van der Waals surface area contributed by atoms with Crippen LogP contribution in [0.5, 0.6) is 0 Å². The zero-order chi connectivity index (χ0) is 14.8. The number of hydrogen-bond donors (Lipinski definition) is 0. The summed E-state index contributed by atoms with van der Waals surface area (Å²) in [6.07, 6.45) is 0. The lowest BCUT2D eigenvalue weighted by Gasteiger charge is -2.25. The molecular formula is C16H13ClFNOS. The third kappa shape index (κ3) is 2.92. The monoisotopic (exact) mass is 321 g/mol. The predicted molar refractivity (Wildman–Crippen MR) is 83.6 cm³/mol. The second kappa shape index (κ2) is 6.08. The van der Waals surface area contributed by atoms with Crippen molar-refractivity contribution >= 4 is 29.3 Å². The summed E-state index contributed by atoms with van der Waals surface area (Å²) in [5.41, 5.74) is 1.41. The Kier molecular flexibility index (Phi) is 4.17. The number of halogens is 2. The molecule has 1 aliphatic heterocycles. The SMILES string of the molecule is O=C1CSC(c2ccccc2Cl)N1Cc1ccccc1F. The highest BCUT2D eigenvalue weighted by atomic mass is 35.5. The van der Waals surface area contributed by atoms with Crippen molar-refractivity contribution in [2.24, 2.45) is 0 Å². The van der Waals surface area contributed by atoms with Gasteiger partial charge in [-0.1, -0.05) is 48.0 Å². The van der Waals surface area contributed by atoms with E-state index in [-0.39, 0.29) is 23.6 Å². The standard InChI is InChI=1S/C16H13ClFNOS/c17-13-7-3-2-6-12(13)16-19(15(20)10-21-16)9-11-5-1-4-8-14(11)18/h1-8,16H,9-10H2. The summed E-state index contributed by atoms with van der Waals surface area (Å²) in [4.78, 5) is 13.8. The summed E-state index contributed by atoms with van der Waals surface area (Å²) < 4.78 is 13.8. The van der Waals surface area contributed by atoms with E-state index in [1.54, 1.807) is 23.1 Å². The third-order valence-corrected chi connectivity index (χ3v) is 5.02. The molecule has 2 nitrogen and oxygen atoms in total. The summed E-state index contributed by atoms with van der Waals surface area (Å²) in [5, 5.41) is 0.467. The number of rotatable bonds is 3. The van der Waals surface area contributed by atoms with Gasteiger partial charge in [-0.05, 0) is 12.1 Å².